The molecule has 0 heterocycles. The van der Waals surface area contributed by atoms with Crippen LogP contribution < -0.4 is 5.32 Å². The van der Waals surface area contributed by atoms with E-state index in [1.54, 1.807) is 18.2 Å². The smallest absolute Gasteiger partial charge is 0.269 e. The number of carbonyl (C=O) groups is 1. The zero-order valence-corrected chi connectivity index (χ0v) is 15.0. The average molecular weight is 383 g/mol. The van der Waals surface area contributed by atoms with E-state index in [1.165, 1.54) is 6.92 Å². The van der Waals surface area contributed by atoms with Crippen molar-refractivity contribution in [3.8, 4) is 0 Å². The van der Waals surface area contributed by atoms with Crippen molar-refractivity contribution >= 4 is 38.7 Å². The number of nitrogens with zero attached hydrogens (tertiary/aromatic N) is 1. The first-order chi connectivity index (χ1) is 11.6. The summed E-state index contributed by atoms with van der Waals surface area (Å²) in [5.74, 6) is -0.746. The molecule has 0 aliphatic rings. The number of hydrogen-bond acceptors (Lipinski definition) is 5. The Labute approximate surface area is 149 Å². The molecule has 25 heavy (non-hydrogen) atoms. The third-order valence-corrected chi connectivity index (χ3v) is 5.98. The second kappa shape index (κ2) is 7.20. The summed E-state index contributed by atoms with van der Waals surface area (Å²) in [4.78, 5) is 22.1. The Morgan fingerprint density at radius 2 is 1.80 bits per heavy atom. The molecular weight excluding hydrogens is 368 g/mol. The molecule has 9 heteroatoms. The molecule has 0 bridgehead atoms. The van der Waals surface area contributed by atoms with Crippen LogP contribution in [0.25, 0.3) is 0 Å². The van der Waals surface area contributed by atoms with Gasteiger partial charge in [0.25, 0.3) is 5.69 Å². The number of aryl methyl sites for hydroxylation is 1. The van der Waals surface area contributed by atoms with Crippen molar-refractivity contribution in [3.63, 3.8) is 0 Å². The van der Waals surface area contributed by atoms with Gasteiger partial charge in [-0.05, 0) is 43.7 Å². The highest BCUT2D eigenvalue weighted by Gasteiger charge is 2.30. The van der Waals surface area contributed by atoms with Gasteiger partial charge in [-0.15, -0.1) is 0 Å². The van der Waals surface area contributed by atoms with Crippen LogP contribution in [-0.2, 0) is 14.6 Å². The summed E-state index contributed by atoms with van der Waals surface area (Å²) in [5, 5.41) is 12.0. The van der Waals surface area contributed by atoms with Gasteiger partial charge in [0.15, 0.2) is 9.84 Å². The summed E-state index contributed by atoms with van der Waals surface area (Å²) in [6.45, 7) is 3.08. The predicted octanol–water partition coefficient (Wildman–Crippen LogP) is 3.36. The monoisotopic (exact) mass is 382 g/mol. The number of benzene rings is 2. The fraction of sp³-hybridized carbons (Fsp3) is 0.188. The molecule has 132 valence electrons. The summed E-state index contributed by atoms with van der Waals surface area (Å²) in [6, 6.07) is 9.33. The fourth-order valence-electron chi connectivity index (χ4n) is 2.06. The number of halogens is 1. The Kier molecular flexibility index (Phi) is 5.44. The standard InChI is InChI=1S/C16H15ClN2O5S/c1-10-3-8-15(14(17)9-10)18-16(20)11(2)25(23,24)13-6-4-12(5-7-13)19(21)22/h3-9,11H,1-2H3,(H,18,20)/t11-/m1/s1. The summed E-state index contributed by atoms with van der Waals surface area (Å²) in [6.07, 6.45) is 0. The minimum absolute atomic E-state index is 0.171. The van der Waals surface area contributed by atoms with Crippen LogP contribution in [0.4, 0.5) is 11.4 Å². The van der Waals surface area contributed by atoms with Crippen molar-refractivity contribution in [2.45, 2.75) is 24.0 Å². The number of nitro benzene ring substituents is 1. The SMILES string of the molecule is Cc1ccc(NC(=O)[C@@H](C)S(=O)(=O)c2ccc([N+](=O)[O-])cc2)c(Cl)c1. The summed E-state index contributed by atoms with van der Waals surface area (Å²) in [5.41, 5.74) is 0.972. The molecule has 2 aromatic rings. The van der Waals surface area contributed by atoms with Gasteiger partial charge in [-0.25, -0.2) is 8.42 Å². The predicted molar refractivity (Wildman–Crippen MR) is 94.6 cm³/mol. The van der Waals surface area contributed by atoms with Gasteiger partial charge in [-0.3, -0.25) is 14.9 Å². The molecule has 0 spiro atoms. The number of nitrogens with one attached hydrogen (secondary N) is 1. The minimum Gasteiger partial charge on any atom is -0.324 e. The average Bonchev–Trinajstić information content (AvgIpc) is 2.56. The normalized spacial score (nSPS) is 12.4. The number of carbonyl (C=O) groups excluding carboxylic acids is 1. The molecule has 2 aromatic carbocycles. The lowest BCUT2D eigenvalue weighted by molar-refractivity contribution is -0.384. The van der Waals surface area contributed by atoms with E-state index in [9.17, 15) is 23.3 Å². The lowest BCUT2D eigenvalue weighted by atomic mass is 10.2. The molecule has 0 saturated carbocycles. The third kappa shape index (κ3) is 4.15. The Morgan fingerprint density at radius 3 is 2.32 bits per heavy atom. The van der Waals surface area contributed by atoms with Crippen LogP contribution in [0, 0.1) is 17.0 Å². The van der Waals surface area contributed by atoms with Gasteiger partial charge in [-0.1, -0.05) is 17.7 Å². The van der Waals surface area contributed by atoms with Crippen LogP contribution in [0.2, 0.25) is 5.02 Å². The van der Waals surface area contributed by atoms with Gasteiger partial charge < -0.3 is 5.32 Å². The van der Waals surface area contributed by atoms with E-state index < -0.39 is 25.9 Å². The van der Waals surface area contributed by atoms with E-state index in [0.29, 0.717) is 10.7 Å². The van der Waals surface area contributed by atoms with Crippen LogP contribution in [0.1, 0.15) is 12.5 Å². The zero-order valence-electron chi connectivity index (χ0n) is 13.4. The van der Waals surface area contributed by atoms with Crippen molar-refractivity contribution in [1.82, 2.24) is 0 Å². The first kappa shape index (κ1) is 18.9. The molecule has 1 amide bonds. The molecule has 7 nitrogen and oxygen atoms in total. The van der Waals surface area contributed by atoms with Gasteiger partial charge in [0.05, 0.1) is 20.5 Å². The second-order valence-electron chi connectivity index (χ2n) is 5.41. The molecule has 0 aliphatic heterocycles. The van der Waals surface area contributed by atoms with Gasteiger partial charge >= 0.3 is 0 Å². The largest absolute Gasteiger partial charge is 0.324 e. The third-order valence-electron chi connectivity index (χ3n) is 3.59. The Hall–Kier alpha value is -2.45. The molecular formula is C16H15ClN2O5S. The summed E-state index contributed by atoms with van der Waals surface area (Å²) < 4.78 is 25.0. The number of hydrogen-bond donors (Lipinski definition) is 1. The van der Waals surface area contributed by atoms with E-state index >= 15 is 0 Å². The number of rotatable bonds is 5. The maximum Gasteiger partial charge on any atom is 0.269 e. The fourth-order valence-corrected chi connectivity index (χ4v) is 3.61. The van der Waals surface area contributed by atoms with Crippen LogP contribution in [0.3, 0.4) is 0 Å². The number of nitro groups is 1. The zero-order chi connectivity index (χ0) is 18.8. The molecule has 1 N–H and O–H groups in total. The van der Waals surface area contributed by atoms with E-state index in [4.69, 9.17) is 11.6 Å². The number of non-ortho nitro benzene ring substituents is 1. The molecule has 0 fully saturated rings. The minimum atomic E-state index is -4.00. The van der Waals surface area contributed by atoms with Crippen molar-refractivity contribution < 1.29 is 18.1 Å². The summed E-state index contributed by atoms with van der Waals surface area (Å²) in [7, 11) is -4.00. The van der Waals surface area contributed by atoms with Gasteiger partial charge in [-0.2, -0.15) is 0 Å². The maximum atomic E-state index is 12.5. The Bertz CT molecular complexity index is 926. The van der Waals surface area contributed by atoms with Crippen LogP contribution in [0.5, 0.6) is 0 Å². The van der Waals surface area contributed by atoms with E-state index in [0.717, 1.165) is 29.8 Å². The first-order valence-corrected chi connectivity index (χ1v) is 9.10. The number of amides is 1. The van der Waals surface area contributed by atoms with Gasteiger partial charge in [0, 0.05) is 12.1 Å². The number of anilines is 1. The lowest BCUT2D eigenvalue weighted by Crippen LogP contribution is -2.32. The quantitative estimate of drug-likeness (QED) is 0.630. The topological polar surface area (TPSA) is 106 Å². The molecule has 0 aromatic heterocycles. The Morgan fingerprint density at radius 1 is 1.20 bits per heavy atom. The van der Waals surface area contributed by atoms with E-state index in [1.807, 2.05) is 6.92 Å². The highest BCUT2D eigenvalue weighted by molar-refractivity contribution is 7.92. The van der Waals surface area contributed by atoms with E-state index in [2.05, 4.69) is 5.32 Å². The van der Waals surface area contributed by atoms with Crippen LogP contribution in [-0.4, -0.2) is 24.5 Å². The highest BCUT2D eigenvalue weighted by Crippen LogP contribution is 2.25. The van der Waals surface area contributed by atoms with Crippen molar-refractivity contribution in [3.05, 3.63) is 63.2 Å². The molecule has 0 unspecified atom stereocenters. The van der Waals surface area contributed by atoms with Crippen molar-refractivity contribution in [2.75, 3.05) is 5.32 Å². The number of sulfone groups is 1. The van der Waals surface area contributed by atoms with E-state index in [-0.39, 0.29) is 10.6 Å². The lowest BCUT2D eigenvalue weighted by Gasteiger charge is -2.14. The highest BCUT2D eigenvalue weighted by atomic mass is 35.5. The summed E-state index contributed by atoms with van der Waals surface area (Å²) >= 11 is 6.03. The van der Waals surface area contributed by atoms with Gasteiger partial charge in [0.1, 0.15) is 5.25 Å². The van der Waals surface area contributed by atoms with Crippen molar-refractivity contribution in [1.29, 1.82) is 0 Å². The molecule has 0 aliphatic carbocycles. The first-order valence-electron chi connectivity index (χ1n) is 7.18. The second-order valence-corrected chi connectivity index (χ2v) is 8.09. The van der Waals surface area contributed by atoms with Crippen LogP contribution in [0.15, 0.2) is 47.4 Å². The van der Waals surface area contributed by atoms with Crippen LogP contribution >= 0.6 is 11.6 Å². The van der Waals surface area contributed by atoms with Gasteiger partial charge in [0.2, 0.25) is 5.91 Å². The molecule has 0 radical (unpaired) electrons. The Balaban J connectivity index is 2.23. The molecule has 1 atom stereocenters. The molecule has 2 rings (SSSR count). The maximum absolute atomic E-state index is 12.5. The van der Waals surface area contributed by atoms with Crippen molar-refractivity contribution in [2.24, 2.45) is 0 Å². The molecule has 0 saturated heterocycles.